The van der Waals surface area contributed by atoms with Gasteiger partial charge in [-0.3, -0.25) is 9.69 Å². The van der Waals surface area contributed by atoms with Crippen LogP contribution in [0.3, 0.4) is 0 Å². The molecule has 0 spiro atoms. The van der Waals surface area contributed by atoms with E-state index in [1.807, 2.05) is 0 Å². The topological polar surface area (TPSA) is 49.9 Å². The highest BCUT2D eigenvalue weighted by atomic mass is 16.5. The number of carbonyl (C=O) groups excluding carboxylic acids is 2. The summed E-state index contributed by atoms with van der Waals surface area (Å²) in [5.41, 5.74) is 0. The Hall–Kier alpha value is -1.10. The van der Waals surface area contributed by atoms with Crippen molar-refractivity contribution in [2.24, 2.45) is 0 Å². The summed E-state index contributed by atoms with van der Waals surface area (Å²) >= 11 is 0. The van der Waals surface area contributed by atoms with E-state index in [2.05, 4.69) is 0 Å². The van der Waals surface area contributed by atoms with Crippen LogP contribution in [-0.2, 0) is 9.53 Å². The molecule has 5 heteroatoms. The standard InChI is InChI=1S/C8H14N2O3/c1-3-10-7(11)6-9(8(10)12)4-5-13-2/h3-6H2,1-2H3. The molecule has 13 heavy (non-hydrogen) atoms. The zero-order valence-electron chi connectivity index (χ0n) is 7.95. The zero-order chi connectivity index (χ0) is 9.84. The summed E-state index contributed by atoms with van der Waals surface area (Å²) in [6.45, 7) is 3.38. The summed E-state index contributed by atoms with van der Waals surface area (Å²) in [5, 5.41) is 0. The lowest BCUT2D eigenvalue weighted by Gasteiger charge is -2.14. The van der Waals surface area contributed by atoms with Crippen molar-refractivity contribution in [3.8, 4) is 0 Å². The number of hydrogen-bond acceptors (Lipinski definition) is 3. The van der Waals surface area contributed by atoms with Gasteiger partial charge >= 0.3 is 6.03 Å². The molecule has 0 aliphatic carbocycles. The van der Waals surface area contributed by atoms with E-state index in [0.717, 1.165) is 0 Å². The minimum atomic E-state index is -0.204. The first-order valence-electron chi connectivity index (χ1n) is 4.29. The molecule has 0 aromatic heterocycles. The molecule has 0 unspecified atom stereocenters. The Labute approximate surface area is 77.2 Å². The van der Waals surface area contributed by atoms with Crippen LogP contribution in [0.25, 0.3) is 0 Å². The van der Waals surface area contributed by atoms with Gasteiger partial charge in [0.25, 0.3) is 0 Å². The third-order valence-corrected chi connectivity index (χ3v) is 2.01. The molecule has 1 aliphatic rings. The molecule has 0 aromatic carbocycles. The van der Waals surface area contributed by atoms with Crippen LogP contribution in [-0.4, -0.2) is 55.1 Å². The van der Waals surface area contributed by atoms with Gasteiger partial charge in [-0.2, -0.15) is 0 Å². The third kappa shape index (κ3) is 1.98. The molecule has 1 saturated heterocycles. The summed E-state index contributed by atoms with van der Waals surface area (Å²) in [6.07, 6.45) is 0. The molecule has 0 atom stereocenters. The molecule has 1 rings (SSSR count). The van der Waals surface area contributed by atoms with Crippen molar-refractivity contribution in [3.63, 3.8) is 0 Å². The monoisotopic (exact) mass is 186 g/mol. The van der Waals surface area contributed by atoms with E-state index in [4.69, 9.17) is 4.74 Å². The highest BCUT2D eigenvalue weighted by molar-refractivity contribution is 6.01. The van der Waals surface area contributed by atoms with Crippen LogP contribution in [0, 0.1) is 0 Å². The number of likely N-dealkylation sites (N-methyl/N-ethyl adjacent to an activating group) is 1. The average molecular weight is 186 g/mol. The van der Waals surface area contributed by atoms with Crippen molar-refractivity contribution in [2.45, 2.75) is 6.92 Å². The maximum absolute atomic E-state index is 11.4. The number of hydrogen-bond donors (Lipinski definition) is 0. The van der Waals surface area contributed by atoms with Crippen LogP contribution < -0.4 is 0 Å². The molecule has 1 aliphatic heterocycles. The van der Waals surface area contributed by atoms with E-state index >= 15 is 0 Å². The molecule has 0 bridgehead atoms. The number of amides is 3. The molecule has 0 saturated carbocycles. The Bertz CT molecular complexity index is 217. The fourth-order valence-electron chi connectivity index (χ4n) is 1.28. The summed E-state index contributed by atoms with van der Waals surface area (Å²) in [7, 11) is 1.57. The third-order valence-electron chi connectivity index (χ3n) is 2.01. The van der Waals surface area contributed by atoms with Crippen LogP contribution in [0.1, 0.15) is 6.92 Å². The quantitative estimate of drug-likeness (QED) is 0.577. The van der Waals surface area contributed by atoms with E-state index < -0.39 is 0 Å². The van der Waals surface area contributed by atoms with Crippen LogP contribution in [0.2, 0.25) is 0 Å². The van der Waals surface area contributed by atoms with E-state index in [0.29, 0.717) is 19.7 Å². The van der Waals surface area contributed by atoms with Crippen LogP contribution in [0.4, 0.5) is 4.79 Å². The molecule has 1 fully saturated rings. The molecular weight excluding hydrogens is 172 g/mol. The summed E-state index contributed by atoms with van der Waals surface area (Å²) in [5.74, 6) is -0.122. The molecule has 5 nitrogen and oxygen atoms in total. The number of carbonyl (C=O) groups is 2. The van der Waals surface area contributed by atoms with Gasteiger partial charge < -0.3 is 9.64 Å². The summed E-state index contributed by atoms with van der Waals surface area (Å²) in [4.78, 5) is 25.4. The Balaban J connectivity index is 2.52. The molecule has 0 radical (unpaired) electrons. The molecule has 1 heterocycles. The number of imide groups is 1. The molecule has 0 N–H and O–H groups in total. The highest BCUT2D eigenvalue weighted by Crippen LogP contribution is 2.08. The van der Waals surface area contributed by atoms with Crippen LogP contribution >= 0.6 is 0 Å². The minimum Gasteiger partial charge on any atom is -0.383 e. The fourth-order valence-corrected chi connectivity index (χ4v) is 1.28. The van der Waals surface area contributed by atoms with Crippen LogP contribution in [0.15, 0.2) is 0 Å². The predicted molar refractivity (Wildman–Crippen MR) is 46.2 cm³/mol. The number of methoxy groups -OCH3 is 1. The Morgan fingerprint density at radius 2 is 2.15 bits per heavy atom. The SMILES string of the molecule is CCN1C(=O)CN(CCOC)C1=O. The van der Waals surface area contributed by atoms with E-state index in [1.54, 1.807) is 14.0 Å². The van der Waals surface area contributed by atoms with E-state index in [9.17, 15) is 9.59 Å². The van der Waals surface area contributed by atoms with Gasteiger partial charge in [-0.1, -0.05) is 0 Å². The maximum Gasteiger partial charge on any atom is 0.327 e. The lowest BCUT2D eigenvalue weighted by molar-refractivity contribution is -0.125. The van der Waals surface area contributed by atoms with E-state index in [1.165, 1.54) is 9.80 Å². The van der Waals surface area contributed by atoms with Gasteiger partial charge in [-0.25, -0.2) is 4.79 Å². The maximum atomic E-state index is 11.4. The van der Waals surface area contributed by atoms with Crippen molar-refractivity contribution in [1.29, 1.82) is 0 Å². The van der Waals surface area contributed by atoms with E-state index in [-0.39, 0.29) is 18.5 Å². The van der Waals surface area contributed by atoms with Gasteiger partial charge in [0.1, 0.15) is 6.54 Å². The van der Waals surface area contributed by atoms with Crippen molar-refractivity contribution < 1.29 is 14.3 Å². The van der Waals surface area contributed by atoms with Crippen LogP contribution in [0.5, 0.6) is 0 Å². The second kappa shape index (κ2) is 4.23. The number of ether oxygens (including phenoxy) is 1. The zero-order valence-corrected chi connectivity index (χ0v) is 7.95. The molecule has 74 valence electrons. The molecule has 0 aromatic rings. The minimum absolute atomic E-state index is 0.122. The van der Waals surface area contributed by atoms with Gasteiger partial charge in [0, 0.05) is 20.2 Å². The van der Waals surface area contributed by atoms with Crippen molar-refractivity contribution in [3.05, 3.63) is 0 Å². The second-order valence-corrected chi connectivity index (χ2v) is 2.83. The Morgan fingerprint density at radius 3 is 2.62 bits per heavy atom. The molecular formula is C8H14N2O3. The van der Waals surface area contributed by atoms with Crippen molar-refractivity contribution >= 4 is 11.9 Å². The number of rotatable bonds is 4. The van der Waals surface area contributed by atoms with Crippen molar-refractivity contribution in [2.75, 3.05) is 33.4 Å². The Morgan fingerprint density at radius 1 is 1.46 bits per heavy atom. The van der Waals surface area contributed by atoms with Gasteiger partial charge in [0.2, 0.25) is 5.91 Å². The smallest absolute Gasteiger partial charge is 0.327 e. The van der Waals surface area contributed by atoms with Gasteiger partial charge in [-0.15, -0.1) is 0 Å². The first kappa shape index (κ1) is 9.98. The van der Waals surface area contributed by atoms with Crippen molar-refractivity contribution in [1.82, 2.24) is 9.80 Å². The molecule has 3 amide bonds. The average Bonchev–Trinajstić information content (AvgIpc) is 2.38. The van der Waals surface area contributed by atoms with Gasteiger partial charge in [0.15, 0.2) is 0 Å². The lowest BCUT2D eigenvalue weighted by atomic mass is 10.5. The van der Waals surface area contributed by atoms with Gasteiger partial charge in [-0.05, 0) is 6.92 Å². The Kier molecular flexibility index (Phi) is 3.25. The first-order valence-corrected chi connectivity index (χ1v) is 4.29. The predicted octanol–water partition coefficient (Wildman–Crippen LogP) is -0.0831. The van der Waals surface area contributed by atoms with Gasteiger partial charge in [0.05, 0.1) is 6.61 Å². The highest BCUT2D eigenvalue weighted by Gasteiger charge is 2.33. The number of nitrogens with zero attached hydrogens (tertiary/aromatic N) is 2. The lowest BCUT2D eigenvalue weighted by Crippen LogP contribution is -2.34. The number of urea groups is 1. The summed E-state index contributed by atoms with van der Waals surface area (Å²) < 4.78 is 4.83. The fraction of sp³-hybridized carbons (Fsp3) is 0.750. The summed E-state index contributed by atoms with van der Waals surface area (Å²) in [6, 6.07) is -0.204. The normalized spacial score (nSPS) is 17.4. The largest absolute Gasteiger partial charge is 0.383 e. The first-order chi connectivity index (χ1) is 6.20. The second-order valence-electron chi connectivity index (χ2n) is 2.83.